The molecule has 0 saturated heterocycles. The fourth-order valence-corrected chi connectivity index (χ4v) is 6.32. The quantitative estimate of drug-likeness (QED) is 0.167. The molecule has 1 N–H and O–H groups in total. The molecule has 10 nitrogen and oxygen atoms in total. The molecular weight excluding hydrogens is 640 g/mol. The van der Waals surface area contributed by atoms with Crippen LogP contribution in [-0.2, 0) is 22.5 Å². The van der Waals surface area contributed by atoms with Gasteiger partial charge in [-0.05, 0) is 88.9 Å². The maximum Gasteiger partial charge on any atom is 0.420 e. The Kier molecular flexibility index (Phi) is 8.63. The van der Waals surface area contributed by atoms with E-state index in [1.54, 1.807) is 43.8 Å². The summed E-state index contributed by atoms with van der Waals surface area (Å²) in [7, 11) is 3.00. The zero-order valence-electron chi connectivity index (χ0n) is 27.8. The maximum atomic E-state index is 14.0. The van der Waals surface area contributed by atoms with E-state index in [1.165, 1.54) is 35.2 Å². The number of anilines is 1. The van der Waals surface area contributed by atoms with Crippen LogP contribution in [0.5, 0.6) is 5.75 Å². The predicted molar refractivity (Wildman–Crippen MR) is 181 cm³/mol. The summed E-state index contributed by atoms with van der Waals surface area (Å²) in [5, 5.41) is 5.38. The van der Waals surface area contributed by atoms with Gasteiger partial charge in [0.2, 0.25) is 0 Å². The fourth-order valence-electron chi connectivity index (χ4n) is 6.01. The Bertz CT molecular complexity index is 2080. The lowest BCUT2D eigenvalue weighted by atomic mass is 9.97. The van der Waals surface area contributed by atoms with Crippen molar-refractivity contribution in [1.82, 2.24) is 19.3 Å². The SMILES string of the molecule is COc1ccc(-c2cc3c(-c4c(C)nn(Cc5cc(F)cc(F)c5)c4C)cn(C(=O)OC(C)(C)C)c3nc2C2CC2)cc1N(C)S(=O)O. The number of methoxy groups -OCH3 is 1. The monoisotopic (exact) mass is 677 g/mol. The molecule has 1 saturated carbocycles. The summed E-state index contributed by atoms with van der Waals surface area (Å²) in [6.45, 7) is 9.23. The molecule has 1 fully saturated rings. The number of aryl methyl sites for hydroxylation is 1. The van der Waals surface area contributed by atoms with Gasteiger partial charge in [-0.1, -0.05) is 6.07 Å². The normalized spacial score (nSPS) is 14.0. The molecule has 48 heavy (non-hydrogen) atoms. The number of carbonyl (C=O) groups is 1. The second-order valence-corrected chi connectivity index (χ2v) is 14.1. The van der Waals surface area contributed by atoms with Gasteiger partial charge >= 0.3 is 6.09 Å². The highest BCUT2D eigenvalue weighted by molar-refractivity contribution is 7.80. The first-order valence-corrected chi connectivity index (χ1v) is 16.5. The van der Waals surface area contributed by atoms with Gasteiger partial charge in [-0.2, -0.15) is 5.10 Å². The summed E-state index contributed by atoms with van der Waals surface area (Å²) in [5.41, 5.74) is 5.68. The zero-order valence-corrected chi connectivity index (χ0v) is 28.6. The van der Waals surface area contributed by atoms with Crippen LogP contribution in [-0.4, -0.2) is 53.9 Å². The van der Waals surface area contributed by atoms with Gasteiger partial charge in [0, 0.05) is 53.0 Å². The Morgan fingerprint density at radius 2 is 1.77 bits per heavy atom. The average molecular weight is 678 g/mol. The molecule has 2 aromatic carbocycles. The van der Waals surface area contributed by atoms with Gasteiger partial charge < -0.3 is 9.47 Å². The molecule has 3 aromatic heterocycles. The topological polar surface area (TPSA) is 112 Å². The molecular formula is C35H37F2N5O5S. The Balaban J connectivity index is 1.58. The van der Waals surface area contributed by atoms with Crippen LogP contribution in [0.2, 0.25) is 0 Å². The molecule has 13 heteroatoms. The average Bonchev–Trinajstić information content (AvgIpc) is 3.74. The minimum atomic E-state index is -2.29. The predicted octanol–water partition coefficient (Wildman–Crippen LogP) is 7.75. The third-order valence-corrected chi connectivity index (χ3v) is 9.00. The van der Waals surface area contributed by atoms with Gasteiger partial charge in [0.15, 0.2) is 0 Å². The molecule has 1 aliphatic rings. The van der Waals surface area contributed by atoms with E-state index < -0.39 is 34.6 Å². The van der Waals surface area contributed by atoms with Crippen molar-refractivity contribution in [2.24, 2.45) is 0 Å². The number of aromatic nitrogens is 4. The third kappa shape index (κ3) is 6.44. The molecule has 0 radical (unpaired) electrons. The summed E-state index contributed by atoms with van der Waals surface area (Å²) >= 11 is -2.29. The highest BCUT2D eigenvalue weighted by Gasteiger charge is 2.32. The van der Waals surface area contributed by atoms with E-state index in [2.05, 4.69) is 0 Å². The van der Waals surface area contributed by atoms with Crippen molar-refractivity contribution < 1.29 is 31.8 Å². The van der Waals surface area contributed by atoms with Gasteiger partial charge in [0.05, 0.1) is 30.7 Å². The van der Waals surface area contributed by atoms with Crippen LogP contribution in [0.15, 0.2) is 48.7 Å². The van der Waals surface area contributed by atoms with Crippen LogP contribution in [0.3, 0.4) is 0 Å². The van der Waals surface area contributed by atoms with Crippen molar-refractivity contribution in [3.8, 4) is 28.0 Å². The second kappa shape index (κ2) is 12.4. The number of pyridine rings is 1. The van der Waals surface area contributed by atoms with Crippen molar-refractivity contribution in [3.63, 3.8) is 0 Å². The molecule has 5 aromatic rings. The van der Waals surface area contributed by atoms with E-state index in [4.69, 9.17) is 19.6 Å². The minimum Gasteiger partial charge on any atom is -0.495 e. The van der Waals surface area contributed by atoms with Gasteiger partial charge in [-0.25, -0.2) is 27.3 Å². The molecule has 6 rings (SSSR count). The summed E-state index contributed by atoms with van der Waals surface area (Å²) in [5.74, 6) is -0.743. The van der Waals surface area contributed by atoms with E-state index >= 15 is 0 Å². The Morgan fingerprint density at radius 3 is 2.38 bits per heavy atom. The first kappa shape index (κ1) is 33.3. The zero-order chi connectivity index (χ0) is 34.7. The highest BCUT2D eigenvalue weighted by Crippen LogP contribution is 2.47. The first-order valence-electron chi connectivity index (χ1n) is 15.5. The van der Waals surface area contributed by atoms with Crippen molar-refractivity contribution >= 4 is 34.1 Å². The molecule has 3 heterocycles. The second-order valence-electron chi connectivity index (χ2n) is 13.1. The van der Waals surface area contributed by atoms with Crippen LogP contribution in [0.25, 0.3) is 33.3 Å². The number of fused-ring (bicyclic) bond motifs is 1. The number of benzene rings is 2. The number of nitrogens with zero attached hydrogens (tertiary/aromatic N) is 5. The molecule has 0 spiro atoms. The van der Waals surface area contributed by atoms with Crippen LogP contribution < -0.4 is 9.04 Å². The van der Waals surface area contributed by atoms with Gasteiger partial charge in [0.25, 0.3) is 11.3 Å². The maximum absolute atomic E-state index is 14.0. The summed E-state index contributed by atoms with van der Waals surface area (Å²) in [4.78, 5) is 18.8. The van der Waals surface area contributed by atoms with Crippen LogP contribution in [0.1, 0.15) is 62.2 Å². The summed E-state index contributed by atoms with van der Waals surface area (Å²) in [6, 6.07) is 10.8. The number of ether oxygens (including phenoxy) is 2. The lowest BCUT2D eigenvalue weighted by molar-refractivity contribution is 0.0543. The molecule has 0 aliphatic heterocycles. The molecule has 1 unspecified atom stereocenters. The van der Waals surface area contributed by atoms with E-state index in [9.17, 15) is 22.3 Å². The van der Waals surface area contributed by atoms with E-state index in [-0.39, 0.29) is 12.5 Å². The standard InChI is InChI=1S/C35H37F2N5O5S/c1-19-31(20(2)42(39-19)17-21-12-24(36)15-25(37)13-21)28-18-41(34(43)47-35(3,4)5)33-27(28)16-26(32(38-33)22-8-9-22)23-10-11-30(46-7)29(14-23)40(6)48(44)45/h10-16,18,22H,8-9,17H2,1-7H3,(H,44,45). The lowest BCUT2D eigenvalue weighted by Gasteiger charge is -2.20. The number of hydrogen-bond acceptors (Lipinski definition) is 6. The van der Waals surface area contributed by atoms with Crippen LogP contribution >= 0.6 is 0 Å². The van der Waals surface area contributed by atoms with Crippen molar-refractivity contribution in [1.29, 1.82) is 0 Å². The van der Waals surface area contributed by atoms with E-state index in [1.807, 2.05) is 26.0 Å². The smallest absolute Gasteiger partial charge is 0.420 e. The van der Waals surface area contributed by atoms with Crippen molar-refractivity contribution in [2.75, 3.05) is 18.5 Å². The number of halogens is 2. The summed E-state index contributed by atoms with van der Waals surface area (Å²) < 4.78 is 65.5. The van der Waals surface area contributed by atoms with Crippen LogP contribution in [0, 0.1) is 25.5 Å². The highest BCUT2D eigenvalue weighted by atomic mass is 32.2. The Hall–Kier alpha value is -4.62. The molecule has 0 bridgehead atoms. The Morgan fingerprint density at radius 1 is 1.08 bits per heavy atom. The number of carbonyl (C=O) groups excluding carboxylic acids is 1. The molecule has 0 amide bonds. The largest absolute Gasteiger partial charge is 0.495 e. The minimum absolute atomic E-state index is 0.135. The van der Waals surface area contributed by atoms with E-state index in [0.717, 1.165) is 47.0 Å². The molecule has 1 aliphatic carbocycles. The number of rotatable bonds is 8. The van der Waals surface area contributed by atoms with Crippen molar-refractivity contribution in [2.45, 2.75) is 65.5 Å². The van der Waals surface area contributed by atoms with Gasteiger partial charge in [-0.3, -0.25) is 13.5 Å². The lowest BCUT2D eigenvalue weighted by Crippen LogP contribution is -2.27. The van der Waals surface area contributed by atoms with Crippen LogP contribution in [0.4, 0.5) is 19.3 Å². The fraction of sp³-hybridized carbons (Fsp3) is 0.343. The van der Waals surface area contributed by atoms with Crippen molar-refractivity contribution in [3.05, 3.63) is 82.9 Å². The molecule has 252 valence electrons. The first-order chi connectivity index (χ1) is 22.6. The Labute approximate surface area is 279 Å². The van der Waals surface area contributed by atoms with E-state index in [0.29, 0.717) is 39.3 Å². The molecule has 1 atom stereocenters. The number of hydrogen-bond donors (Lipinski definition) is 1. The van der Waals surface area contributed by atoms with Gasteiger partial charge in [0.1, 0.15) is 28.6 Å². The van der Waals surface area contributed by atoms with Gasteiger partial charge in [-0.15, -0.1) is 0 Å². The third-order valence-electron chi connectivity index (χ3n) is 8.33. The summed E-state index contributed by atoms with van der Waals surface area (Å²) in [6.07, 6.45) is 2.98.